The van der Waals surface area contributed by atoms with Crippen molar-refractivity contribution in [2.45, 2.75) is 81.1 Å². The highest BCUT2D eigenvalue weighted by molar-refractivity contribution is 8.00. The fourth-order valence-electron chi connectivity index (χ4n) is 5.09. The monoisotopic (exact) mass is 454 g/mol. The fraction of sp³-hybridized carbons (Fsp3) is 0.556. The molecule has 2 aromatic carbocycles. The van der Waals surface area contributed by atoms with Crippen molar-refractivity contribution in [3.05, 3.63) is 71.8 Å². The van der Waals surface area contributed by atoms with E-state index in [0.717, 1.165) is 31.6 Å². The van der Waals surface area contributed by atoms with Crippen molar-refractivity contribution in [2.24, 2.45) is 0 Å². The number of rotatable bonds is 7. The summed E-state index contributed by atoms with van der Waals surface area (Å²) in [6, 6.07) is 20.8. The van der Waals surface area contributed by atoms with Gasteiger partial charge in [-0.2, -0.15) is 11.8 Å². The van der Waals surface area contributed by atoms with Gasteiger partial charge in [0.05, 0.1) is 32.0 Å². The number of benzene rings is 2. The summed E-state index contributed by atoms with van der Waals surface area (Å²) in [4.78, 5) is 0. The van der Waals surface area contributed by atoms with Crippen LogP contribution in [-0.2, 0) is 32.2 Å². The van der Waals surface area contributed by atoms with E-state index in [2.05, 4.69) is 48.5 Å². The number of ether oxygens (including phenoxy) is 4. The van der Waals surface area contributed by atoms with Gasteiger partial charge in [-0.1, -0.05) is 67.1 Å². The summed E-state index contributed by atoms with van der Waals surface area (Å²) in [5.41, 5.74) is 2.42. The zero-order valence-corrected chi connectivity index (χ0v) is 19.5. The van der Waals surface area contributed by atoms with Crippen LogP contribution in [0.3, 0.4) is 0 Å². The normalized spacial score (nSPS) is 29.5. The second-order valence-corrected chi connectivity index (χ2v) is 10.6. The molecule has 2 heterocycles. The van der Waals surface area contributed by atoms with Crippen LogP contribution in [0.2, 0.25) is 0 Å². The minimum absolute atomic E-state index is 0.00318. The average molecular weight is 455 g/mol. The third-order valence-electron chi connectivity index (χ3n) is 6.78. The van der Waals surface area contributed by atoms with Crippen molar-refractivity contribution in [1.82, 2.24) is 0 Å². The van der Waals surface area contributed by atoms with Crippen molar-refractivity contribution in [3.8, 4) is 0 Å². The molecule has 2 aliphatic heterocycles. The highest BCUT2D eigenvalue weighted by Crippen LogP contribution is 2.45. The van der Waals surface area contributed by atoms with E-state index in [1.807, 2.05) is 23.9 Å². The van der Waals surface area contributed by atoms with E-state index >= 15 is 0 Å². The molecule has 3 aliphatic rings. The number of fused-ring (bicyclic) bond motifs is 1. The number of hydrogen-bond donors (Lipinski definition) is 0. The van der Waals surface area contributed by atoms with Crippen molar-refractivity contribution in [1.29, 1.82) is 0 Å². The van der Waals surface area contributed by atoms with Crippen LogP contribution < -0.4 is 0 Å². The SMILES string of the molecule is c1ccc(COC[C@@H]2C[C@H]3OC4(CCCCC4)O[C@H]3[C@@H](OCc3ccccc3)CS2)cc1. The summed E-state index contributed by atoms with van der Waals surface area (Å²) in [7, 11) is 0. The minimum atomic E-state index is -0.389. The lowest BCUT2D eigenvalue weighted by Crippen LogP contribution is -2.39. The zero-order chi connectivity index (χ0) is 21.6. The van der Waals surface area contributed by atoms with Crippen molar-refractivity contribution < 1.29 is 18.9 Å². The molecule has 4 atom stereocenters. The Morgan fingerprint density at radius 2 is 1.53 bits per heavy atom. The van der Waals surface area contributed by atoms with Gasteiger partial charge in [-0.05, 0) is 30.4 Å². The molecule has 5 rings (SSSR count). The van der Waals surface area contributed by atoms with E-state index in [1.165, 1.54) is 30.4 Å². The Labute approximate surface area is 196 Å². The van der Waals surface area contributed by atoms with Crippen LogP contribution in [0.4, 0.5) is 0 Å². The Hall–Kier alpha value is -1.37. The van der Waals surface area contributed by atoms with E-state index in [-0.39, 0.29) is 24.1 Å². The zero-order valence-electron chi connectivity index (χ0n) is 18.7. The summed E-state index contributed by atoms with van der Waals surface area (Å²) in [6.07, 6.45) is 6.74. The molecule has 5 heteroatoms. The van der Waals surface area contributed by atoms with E-state index in [4.69, 9.17) is 18.9 Å². The topological polar surface area (TPSA) is 36.9 Å². The molecule has 0 unspecified atom stereocenters. The third kappa shape index (κ3) is 5.57. The highest BCUT2D eigenvalue weighted by atomic mass is 32.2. The van der Waals surface area contributed by atoms with E-state index in [9.17, 15) is 0 Å². The molecule has 2 aromatic rings. The molecule has 1 spiro atoms. The Balaban J connectivity index is 1.23. The molecule has 1 saturated carbocycles. The average Bonchev–Trinajstić information content (AvgIpc) is 3.09. The van der Waals surface area contributed by atoms with Crippen LogP contribution in [0.15, 0.2) is 60.7 Å². The summed E-state index contributed by atoms with van der Waals surface area (Å²) in [6.45, 7) is 1.99. The number of thioether (sulfide) groups is 1. The standard InChI is InChI=1S/C27H34O4S/c1-4-10-21(11-5-1)17-28-19-23-16-24-26(31-27(30-24)14-8-3-9-15-27)25(20-32-23)29-18-22-12-6-2-7-13-22/h1-2,4-7,10-13,23-26H,3,8-9,14-20H2/t23-,24+,25-,26+/m0/s1. The third-order valence-corrected chi connectivity index (χ3v) is 8.10. The Morgan fingerprint density at radius 1 is 0.844 bits per heavy atom. The molecule has 0 amide bonds. The molecular weight excluding hydrogens is 420 g/mol. The van der Waals surface area contributed by atoms with Gasteiger partial charge in [0.2, 0.25) is 0 Å². The molecule has 2 saturated heterocycles. The molecule has 3 fully saturated rings. The van der Waals surface area contributed by atoms with Crippen LogP contribution in [0.5, 0.6) is 0 Å². The van der Waals surface area contributed by atoms with E-state index in [0.29, 0.717) is 18.5 Å². The molecule has 0 N–H and O–H groups in total. The lowest BCUT2D eigenvalue weighted by Gasteiger charge is -2.33. The van der Waals surface area contributed by atoms with E-state index in [1.54, 1.807) is 0 Å². The van der Waals surface area contributed by atoms with Crippen LogP contribution in [0.1, 0.15) is 49.7 Å². The maximum Gasteiger partial charge on any atom is 0.169 e. The maximum absolute atomic E-state index is 6.70. The molecular formula is C27H34O4S. The van der Waals surface area contributed by atoms with E-state index < -0.39 is 0 Å². The first-order valence-corrected chi connectivity index (χ1v) is 13.1. The van der Waals surface area contributed by atoms with Crippen LogP contribution >= 0.6 is 11.8 Å². The molecule has 0 bridgehead atoms. The van der Waals surface area contributed by atoms with Gasteiger partial charge in [-0.15, -0.1) is 0 Å². The van der Waals surface area contributed by atoms with Gasteiger partial charge in [-0.3, -0.25) is 0 Å². The molecule has 0 aromatic heterocycles. The Kier molecular flexibility index (Phi) is 7.50. The van der Waals surface area contributed by atoms with Crippen molar-refractivity contribution >= 4 is 11.8 Å². The second-order valence-electron chi connectivity index (χ2n) is 9.24. The van der Waals surface area contributed by atoms with Gasteiger partial charge in [0.1, 0.15) is 6.10 Å². The summed E-state index contributed by atoms with van der Waals surface area (Å²) >= 11 is 1.94. The lowest BCUT2D eigenvalue weighted by molar-refractivity contribution is -0.202. The first-order valence-electron chi connectivity index (χ1n) is 12.0. The summed E-state index contributed by atoms with van der Waals surface area (Å²) < 4.78 is 25.9. The molecule has 1 aliphatic carbocycles. The Bertz CT molecular complexity index is 824. The van der Waals surface area contributed by atoms with Crippen molar-refractivity contribution in [3.63, 3.8) is 0 Å². The van der Waals surface area contributed by atoms with Crippen LogP contribution in [-0.4, -0.2) is 41.7 Å². The van der Waals surface area contributed by atoms with Gasteiger partial charge < -0.3 is 18.9 Å². The van der Waals surface area contributed by atoms with Crippen LogP contribution in [0, 0.1) is 0 Å². The first-order chi connectivity index (χ1) is 15.8. The van der Waals surface area contributed by atoms with Gasteiger partial charge in [0.25, 0.3) is 0 Å². The Morgan fingerprint density at radius 3 is 2.25 bits per heavy atom. The summed E-state index contributed by atoms with van der Waals surface area (Å²) in [5, 5.41) is 0.388. The van der Waals surface area contributed by atoms with Crippen LogP contribution in [0.25, 0.3) is 0 Å². The van der Waals surface area contributed by atoms with Crippen molar-refractivity contribution in [2.75, 3.05) is 12.4 Å². The first kappa shape index (κ1) is 22.4. The lowest BCUT2D eigenvalue weighted by atomic mass is 9.94. The second kappa shape index (κ2) is 10.7. The van der Waals surface area contributed by atoms with Gasteiger partial charge >= 0.3 is 0 Å². The molecule has 4 nitrogen and oxygen atoms in total. The molecule has 32 heavy (non-hydrogen) atoms. The molecule has 0 radical (unpaired) electrons. The predicted octanol–water partition coefficient (Wildman–Crippen LogP) is 5.74. The quantitative estimate of drug-likeness (QED) is 0.533. The molecule has 172 valence electrons. The fourth-order valence-corrected chi connectivity index (χ4v) is 6.36. The minimum Gasteiger partial charge on any atom is -0.376 e. The smallest absolute Gasteiger partial charge is 0.169 e. The summed E-state index contributed by atoms with van der Waals surface area (Å²) in [5.74, 6) is 0.520. The number of hydrogen-bond acceptors (Lipinski definition) is 5. The maximum atomic E-state index is 6.70. The van der Waals surface area contributed by atoms with Gasteiger partial charge in [0, 0.05) is 23.8 Å². The predicted molar refractivity (Wildman–Crippen MR) is 128 cm³/mol. The highest BCUT2D eigenvalue weighted by Gasteiger charge is 2.52. The van der Waals surface area contributed by atoms with Gasteiger partial charge in [0.15, 0.2) is 5.79 Å². The van der Waals surface area contributed by atoms with Gasteiger partial charge in [-0.25, -0.2) is 0 Å². The largest absolute Gasteiger partial charge is 0.376 e.